The fourth-order valence-corrected chi connectivity index (χ4v) is 1.93. The van der Waals surface area contributed by atoms with Crippen molar-refractivity contribution >= 4 is 11.6 Å². The molecule has 0 aliphatic rings. The van der Waals surface area contributed by atoms with Crippen LogP contribution < -0.4 is 11.1 Å². The van der Waals surface area contributed by atoms with Gasteiger partial charge in [0.05, 0.1) is 6.61 Å². The van der Waals surface area contributed by atoms with Crippen LogP contribution in [0.5, 0.6) is 0 Å². The third-order valence-corrected chi connectivity index (χ3v) is 3.05. The molecule has 3 N–H and O–H groups in total. The minimum atomic E-state index is -0.111. The molecule has 2 rings (SSSR count). The lowest BCUT2D eigenvalue weighted by molar-refractivity contribution is 0.0922. The second-order valence-corrected chi connectivity index (χ2v) is 4.49. The molecule has 0 bridgehead atoms. The molecule has 0 atom stereocenters. The van der Waals surface area contributed by atoms with Crippen LogP contribution in [-0.4, -0.2) is 30.6 Å². The Morgan fingerprint density at radius 3 is 2.71 bits per heavy atom. The van der Waals surface area contributed by atoms with Gasteiger partial charge in [-0.15, -0.1) is 0 Å². The van der Waals surface area contributed by atoms with Gasteiger partial charge in [-0.2, -0.15) is 0 Å². The lowest BCUT2D eigenvalue weighted by atomic mass is 10.0. The van der Waals surface area contributed by atoms with E-state index in [1.807, 2.05) is 19.1 Å². The van der Waals surface area contributed by atoms with Crippen LogP contribution in [0.1, 0.15) is 17.3 Å². The van der Waals surface area contributed by atoms with E-state index in [9.17, 15) is 4.79 Å². The molecule has 0 radical (unpaired) electrons. The molecule has 0 fully saturated rings. The highest BCUT2D eigenvalue weighted by Gasteiger charge is 2.06. The lowest BCUT2D eigenvalue weighted by Gasteiger charge is -2.07. The van der Waals surface area contributed by atoms with Gasteiger partial charge >= 0.3 is 0 Å². The second kappa shape index (κ2) is 7.40. The minimum absolute atomic E-state index is 0.111. The summed E-state index contributed by atoms with van der Waals surface area (Å²) in [5.41, 5.74) is 8.98. The first kappa shape index (κ1) is 15.0. The van der Waals surface area contributed by atoms with Crippen LogP contribution >= 0.6 is 0 Å². The molecule has 1 amide bonds. The standard InChI is InChI=1S/C16H19N3O2/c1-2-21-10-9-19-16(20)13-5-3-12(4-6-13)14-11-18-8-7-15(14)17/h3-8,11H,2,9-10H2,1H3,(H2,17,18)(H,19,20). The van der Waals surface area contributed by atoms with E-state index in [2.05, 4.69) is 10.3 Å². The second-order valence-electron chi connectivity index (χ2n) is 4.49. The number of amides is 1. The molecule has 1 aromatic carbocycles. The summed E-state index contributed by atoms with van der Waals surface area (Å²) in [6.45, 7) is 3.60. The summed E-state index contributed by atoms with van der Waals surface area (Å²) >= 11 is 0. The highest BCUT2D eigenvalue weighted by atomic mass is 16.5. The molecule has 0 aliphatic heterocycles. The Bertz CT molecular complexity index is 597. The van der Waals surface area contributed by atoms with Gasteiger partial charge in [-0.25, -0.2) is 0 Å². The lowest BCUT2D eigenvalue weighted by Crippen LogP contribution is -2.27. The van der Waals surface area contributed by atoms with Crippen molar-refractivity contribution in [1.82, 2.24) is 10.3 Å². The van der Waals surface area contributed by atoms with Crippen molar-refractivity contribution in [1.29, 1.82) is 0 Å². The number of nitrogens with one attached hydrogen (secondary N) is 1. The normalized spacial score (nSPS) is 10.3. The largest absolute Gasteiger partial charge is 0.398 e. The van der Waals surface area contributed by atoms with Crippen molar-refractivity contribution in [2.24, 2.45) is 0 Å². The van der Waals surface area contributed by atoms with Gasteiger partial charge in [0.2, 0.25) is 0 Å². The van der Waals surface area contributed by atoms with Crippen molar-refractivity contribution in [2.75, 3.05) is 25.5 Å². The van der Waals surface area contributed by atoms with Crippen LogP contribution in [0.25, 0.3) is 11.1 Å². The highest BCUT2D eigenvalue weighted by Crippen LogP contribution is 2.24. The number of aromatic nitrogens is 1. The average Bonchev–Trinajstić information content (AvgIpc) is 2.52. The smallest absolute Gasteiger partial charge is 0.251 e. The van der Waals surface area contributed by atoms with E-state index in [0.29, 0.717) is 31.0 Å². The number of carbonyl (C=O) groups excluding carboxylic acids is 1. The minimum Gasteiger partial charge on any atom is -0.398 e. The molecule has 0 saturated carbocycles. The van der Waals surface area contributed by atoms with Gasteiger partial charge in [-0.05, 0) is 30.7 Å². The van der Waals surface area contributed by atoms with Crippen molar-refractivity contribution in [3.8, 4) is 11.1 Å². The summed E-state index contributed by atoms with van der Waals surface area (Å²) in [6, 6.07) is 9.04. The number of nitrogens with two attached hydrogens (primary N) is 1. The van der Waals surface area contributed by atoms with E-state index in [1.54, 1.807) is 30.6 Å². The molecule has 21 heavy (non-hydrogen) atoms. The molecule has 0 unspecified atom stereocenters. The van der Waals surface area contributed by atoms with Gasteiger partial charge in [0, 0.05) is 42.4 Å². The van der Waals surface area contributed by atoms with E-state index in [-0.39, 0.29) is 5.91 Å². The molecule has 2 aromatic rings. The van der Waals surface area contributed by atoms with Crippen LogP contribution in [-0.2, 0) is 4.74 Å². The molecule has 5 heteroatoms. The summed E-state index contributed by atoms with van der Waals surface area (Å²) in [7, 11) is 0. The summed E-state index contributed by atoms with van der Waals surface area (Å²) in [5.74, 6) is -0.111. The molecule has 0 aliphatic carbocycles. The number of ether oxygens (including phenoxy) is 1. The van der Waals surface area contributed by atoms with Crippen LogP contribution in [0.2, 0.25) is 0 Å². The predicted molar refractivity (Wildman–Crippen MR) is 82.9 cm³/mol. The first-order valence-electron chi connectivity index (χ1n) is 6.88. The number of rotatable bonds is 6. The zero-order valence-corrected chi connectivity index (χ0v) is 12.0. The maximum Gasteiger partial charge on any atom is 0.251 e. The summed E-state index contributed by atoms with van der Waals surface area (Å²) in [4.78, 5) is 16.0. The van der Waals surface area contributed by atoms with Crippen molar-refractivity contribution in [2.45, 2.75) is 6.92 Å². The van der Waals surface area contributed by atoms with Crippen molar-refractivity contribution in [3.05, 3.63) is 48.3 Å². The van der Waals surface area contributed by atoms with Crippen LogP contribution in [0.4, 0.5) is 5.69 Å². The highest BCUT2D eigenvalue weighted by molar-refractivity contribution is 5.94. The molecule has 1 aromatic heterocycles. The fraction of sp³-hybridized carbons (Fsp3) is 0.250. The summed E-state index contributed by atoms with van der Waals surface area (Å²) in [6.07, 6.45) is 3.37. The number of benzene rings is 1. The van der Waals surface area contributed by atoms with Gasteiger partial charge in [-0.1, -0.05) is 12.1 Å². The molecular weight excluding hydrogens is 266 g/mol. The van der Waals surface area contributed by atoms with E-state index >= 15 is 0 Å². The van der Waals surface area contributed by atoms with Crippen LogP contribution in [0.15, 0.2) is 42.7 Å². The molecule has 1 heterocycles. The van der Waals surface area contributed by atoms with Gasteiger partial charge in [0.15, 0.2) is 0 Å². The van der Waals surface area contributed by atoms with E-state index in [1.165, 1.54) is 0 Å². The molecule has 0 spiro atoms. The topological polar surface area (TPSA) is 77.2 Å². The SMILES string of the molecule is CCOCCNC(=O)c1ccc(-c2cnccc2N)cc1. The maximum atomic E-state index is 11.9. The molecule has 5 nitrogen and oxygen atoms in total. The van der Waals surface area contributed by atoms with E-state index in [0.717, 1.165) is 11.1 Å². The quantitative estimate of drug-likeness (QED) is 0.797. The summed E-state index contributed by atoms with van der Waals surface area (Å²) < 4.78 is 5.17. The Morgan fingerprint density at radius 2 is 2.05 bits per heavy atom. The number of hydrogen-bond acceptors (Lipinski definition) is 4. The number of anilines is 1. The first-order valence-corrected chi connectivity index (χ1v) is 6.88. The Kier molecular flexibility index (Phi) is 5.29. The zero-order chi connectivity index (χ0) is 15.1. The third kappa shape index (κ3) is 4.03. The maximum absolute atomic E-state index is 11.9. The average molecular weight is 285 g/mol. The molecule has 110 valence electrons. The van der Waals surface area contributed by atoms with Crippen LogP contribution in [0.3, 0.4) is 0 Å². The van der Waals surface area contributed by atoms with Gasteiger partial charge in [0.1, 0.15) is 0 Å². The van der Waals surface area contributed by atoms with E-state index in [4.69, 9.17) is 10.5 Å². The third-order valence-electron chi connectivity index (χ3n) is 3.05. The number of carbonyl (C=O) groups is 1. The van der Waals surface area contributed by atoms with Crippen molar-refractivity contribution < 1.29 is 9.53 Å². The number of nitrogen functional groups attached to an aromatic ring is 1. The monoisotopic (exact) mass is 285 g/mol. The Labute approximate surface area is 124 Å². The van der Waals surface area contributed by atoms with E-state index < -0.39 is 0 Å². The molecular formula is C16H19N3O2. The van der Waals surface area contributed by atoms with Gasteiger partial charge < -0.3 is 15.8 Å². The fourth-order valence-electron chi connectivity index (χ4n) is 1.93. The van der Waals surface area contributed by atoms with Crippen molar-refractivity contribution in [3.63, 3.8) is 0 Å². The Balaban J connectivity index is 2.02. The Morgan fingerprint density at radius 1 is 1.29 bits per heavy atom. The predicted octanol–water partition coefficient (Wildman–Crippen LogP) is 2.10. The Hall–Kier alpha value is -2.40. The summed E-state index contributed by atoms with van der Waals surface area (Å²) in [5, 5.41) is 2.80. The number of hydrogen-bond donors (Lipinski definition) is 2. The first-order chi connectivity index (χ1) is 10.2. The van der Waals surface area contributed by atoms with Gasteiger partial charge in [-0.3, -0.25) is 9.78 Å². The van der Waals surface area contributed by atoms with Crippen LogP contribution in [0, 0.1) is 0 Å². The number of nitrogens with zero attached hydrogens (tertiary/aromatic N) is 1. The van der Waals surface area contributed by atoms with Gasteiger partial charge in [0.25, 0.3) is 5.91 Å². The zero-order valence-electron chi connectivity index (χ0n) is 12.0. The number of pyridine rings is 1. The molecule has 0 saturated heterocycles.